The van der Waals surface area contributed by atoms with Crippen LogP contribution in [0, 0.1) is 0 Å². The maximum atomic E-state index is 5.93. The maximum Gasteiger partial charge on any atom is 0.242 e. The molecule has 0 bridgehead atoms. The third-order valence-electron chi connectivity index (χ3n) is 2.19. The van der Waals surface area contributed by atoms with Crippen molar-refractivity contribution in [3.8, 4) is 17.4 Å². The molecule has 2 aromatic rings. The van der Waals surface area contributed by atoms with Crippen LogP contribution < -0.4 is 15.2 Å². The molecule has 0 unspecified atom stereocenters. The van der Waals surface area contributed by atoms with E-state index in [4.69, 9.17) is 15.2 Å². The fourth-order valence-electron chi connectivity index (χ4n) is 1.47. The number of aromatic nitrogens is 4. The van der Waals surface area contributed by atoms with Crippen LogP contribution in [0.3, 0.4) is 0 Å². The molecule has 0 aliphatic carbocycles. The molecule has 96 valence electrons. The minimum absolute atomic E-state index is 0.352. The zero-order valence-electron chi connectivity index (χ0n) is 10.3. The summed E-state index contributed by atoms with van der Waals surface area (Å²) in [4.78, 5) is 8.06. The summed E-state index contributed by atoms with van der Waals surface area (Å²) in [7, 11) is 0. The smallest absolute Gasteiger partial charge is 0.242 e. The molecule has 0 aromatic carbocycles. The number of nitrogens with two attached hydrogens (primary N) is 1. The second-order valence-electron chi connectivity index (χ2n) is 3.40. The Morgan fingerprint density at radius 1 is 1.22 bits per heavy atom. The Kier molecular flexibility index (Phi) is 3.61. The molecule has 7 heteroatoms. The highest BCUT2D eigenvalue weighted by atomic mass is 16.5. The van der Waals surface area contributed by atoms with Crippen LogP contribution in [0.4, 0.5) is 5.69 Å². The van der Waals surface area contributed by atoms with Crippen LogP contribution in [0.2, 0.25) is 0 Å². The summed E-state index contributed by atoms with van der Waals surface area (Å²) >= 11 is 0. The van der Waals surface area contributed by atoms with Crippen LogP contribution in [-0.4, -0.2) is 33.0 Å². The van der Waals surface area contributed by atoms with Crippen LogP contribution >= 0.6 is 0 Å². The largest absolute Gasteiger partial charge is 0.491 e. The summed E-state index contributed by atoms with van der Waals surface area (Å²) in [5.41, 5.74) is 6.29. The molecule has 0 fully saturated rings. The molecule has 0 saturated carbocycles. The number of anilines is 1. The van der Waals surface area contributed by atoms with Gasteiger partial charge >= 0.3 is 0 Å². The summed E-state index contributed by atoms with van der Waals surface area (Å²) in [5.74, 6) is 1.49. The molecule has 7 nitrogen and oxygen atoms in total. The standard InChI is InChI=1S/C11H15N5O2/c1-3-17-8-5-15-16(6-8)10-9(12)11(18-4-2)14-7-13-10/h5-7H,3-4,12H2,1-2H3. The fraction of sp³-hybridized carbons (Fsp3) is 0.364. The molecule has 2 aromatic heterocycles. The highest BCUT2D eigenvalue weighted by Gasteiger charge is 2.12. The minimum Gasteiger partial charge on any atom is -0.491 e. The van der Waals surface area contributed by atoms with Gasteiger partial charge in [-0.25, -0.2) is 9.67 Å². The van der Waals surface area contributed by atoms with Gasteiger partial charge < -0.3 is 15.2 Å². The van der Waals surface area contributed by atoms with Gasteiger partial charge in [0.2, 0.25) is 5.88 Å². The molecule has 0 spiro atoms. The highest BCUT2D eigenvalue weighted by Crippen LogP contribution is 2.24. The topological polar surface area (TPSA) is 88.1 Å². The molecule has 2 heterocycles. The number of nitrogen functional groups attached to an aromatic ring is 1. The Balaban J connectivity index is 2.34. The molecular formula is C11H15N5O2. The van der Waals surface area contributed by atoms with Gasteiger partial charge in [0, 0.05) is 0 Å². The number of hydrogen-bond acceptors (Lipinski definition) is 6. The van der Waals surface area contributed by atoms with Crippen LogP contribution in [0.15, 0.2) is 18.7 Å². The molecule has 0 radical (unpaired) electrons. The Bertz CT molecular complexity index is 526. The quantitative estimate of drug-likeness (QED) is 0.851. The molecule has 0 aliphatic rings. The van der Waals surface area contributed by atoms with Crippen molar-refractivity contribution in [3.05, 3.63) is 18.7 Å². The van der Waals surface area contributed by atoms with Gasteiger partial charge in [-0.1, -0.05) is 0 Å². The van der Waals surface area contributed by atoms with E-state index >= 15 is 0 Å². The Morgan fingerprint density at radius 3 is 2.72 bits per heavy atom. The summed E-state index contributed by atoms with van der Waals surface area (Å²) in [6.45, 7) is 4.84. The average molecular weight is 249 g/mol. The maximum absolute atomic E-state index is 5.93. The molecule has 2 rings (SSSR count). The van der Waals surface area contributed by atoms with Crippen molar-refractivity contribution in [3.63, 3.8) is 0 Å². The van der Waals surface area contributed by atoms with Crippen LogP contribution in [0.5, 0.6) is 11.6 Å². The summed E-state index contributed by atoms with van der Waals surface area (Å²) in [6.07, 6.45) is 4.70. The fourth-order valence-corrected chi connectivity index (χ4v) is 1.47. The molecule has 0 saturated heterocycles. The zero-order chi connectivity index (χ0) is 13.0. The van der Waals surface area contributed by atoms with Crippen molar-refractivity contribution in [1.82, 2.24) is 19.7 Å². The third-order valence-corrected chi connectivity index (χ3v) is 2.19. The normalized spacial score (nSPS) is 10.3. The van der Waals surface area contributed by atoms with Crippen molar-refractivity contribution in [2.24, 2.45) is 0 Å². The number of ether oxygens (including phenoxy) is 2. The van der Waals surface area contributed by atoms with Crippen molar-refractivity contribution >= 4 is 5.69 Å². The van der Waals surface area contributed by atoms with Gasteiger partial charge in [0.15, 0.2) is 11.6 Å². The van der Waals surface area contributed by atoms with Crippen molar-refractivity contribution in [1.29, 1.82) is 0 Å². The lowest BCUT2D eigenvalue weighted by molar-refractivity contribution is 0.328. The number of nitrogens with zero attached hydrogens (tertiary/aromatic N) is 4. The van der Waals surface area contributed by atoms with Gasteiger partial charge in [-0.05, 0) is 13.8 Å². The van der Waals surface area contributed by atoms with E-state index in [1.165, 1.54) is 11.0 Å². The first-order valence-corrected chi connectivity index (χ1v) is 5.67. The minimum atomic E-state index is 0.352. The van der Waals surface area contributed by atoms with Gasteiger partial charge in [-0.3, -0.25) is 0 Å². The van der Waals surface area contributed by atoms with Crippen molar-refractivity contribution < 1.29 is 9.47 Å². The van der Waals surface area contributed by atoms with E-state index < -0.39 is 0 Å². The van der Waals surface area contributed by atoms with E-state index in [-0.39, 0.29) is 0 Å². The zero-order valence-corrected chi connectivity index (χ0v) is 10.3. The first-order chi connectivity index (χ1) is 8.76. The van der Waals surface area contributed by atoms with E-state index in [0.717, 1.165) is 0 Å². The van der Waals surface area contributed by atoms with Gasteiger partial charge in [0.05, 0.1) is 25.6 Å². The molecule has 0 aliphatic heterocycles. The third kappa shape index (κ3) is 2.34. The van der Waals surface area contributed by atoms with Crippen molar-refractivity contribution in [2.45, 2.75) is 13.8 Å². The van der Waals surface area contributed by atoms with Crippen molar-refractivity contribution in [2.75, 3.05) is 18.9 Å². The molecule has 18 heavy (non-hydrogen) atoms. The molecule has 0 atom stereocenters. The van der Waals surface area contributed by atoms with Gasteiger partial charge in [-0.2, -0.15) is 10.1 Å². The molecular weight excluding hydrogens is 234 g/mol. The van der Waals surface area contributed by atoms with Crippen LogP contribution in [0.25, 0.3) is 5.82 Å². The Hall–Kier alpha value is -2.31. The van der Waals surface area contributed by atoms with Gasteiger partial charge in [-0.15, -0.1) is 0 Å². The van der Waals surface area contributed by atoms with E-state index in [2.05, 4.69) is 15.1 Å². The first-order valence-electron chi connectivity index (χ1n) is 5.67. The van der Waals surface area contributed by atoms with E-state index in [9.17, 15) is 0 Å². The predicted molar refractivity (Wildman–Crippen MR) is 65.9 cm³/mol. The first kappa shape index (κ1) is 12.2. The summed E-state index contributed by atoms with van der Waals surface area (Å²) in [5, 5.41) is 4.13. The average Bonchev–Trinajstić information content (AvgIpc) is 2.81. The van der Waals surface area contributed by atoms with E-state index in [0.29, 0.717) is 36.3 Å². The molecule has 2 N–H and O–H groups in total. The molecule has 0 amide bonds. The second kappa shape index (κ2) is 5.35. The second-order valence-corrected chi connectivity index (χ2v) is 3.40. The number of rotatable bonds is 5. The lowest BCUT2D eigenvalue weighted by atomic mass is 10.4. The summed E-state index contributed by atoms with van der Waals surface area (Å²) in [6, 6.07) is 0. The lowest BCUT2D eigenvalue weighted by Gasteiger charge is -2.08. The monoisotopic (exact) mass is 249 g/mol. The Labute approximate surface area is 105 Å². The SMILES string of the molecule is CCOc1cnn(-c2ncnc(OCC)c2N)c1. The highest BCUT2D eigenvalue weighted by molar-refractivity contribution is 5.59. The van der Waals surface area contributed by atoms with Crippen LogP contribution in [0.1, 0.15) is 13.8 Å². The summed E-state index contributed by atoms with van der Waals surface area (Å²) < 4.78 is 12.2. The lowest BCUT2D eigenvalue weighted by Crippen LogP contribution is -2.07. The van der Waals surface area contributed by atoms with Gasteiger partial charge in [0.25, 0.3) is 0 Å². The van der Waals surface area contributed by atoms with E-state index in [1.54, 1.807) is 12.4 Å². The Morgan fingerprint density at radius 2 is 2.00 bits per heavy atom. The van der Waals surface area contributed by atoms with Gasteiger partial charge in [0.1, 0.15) is 12.0 Å². The van der Waals surface area contributed by atoms with E-state index in [1.807, 2.05) is 13.8 Å². The van der Waals surface area contributed by atoms with Crippen LogP contribution in [-0.2, 0) is 0 Å². The number of hydrogen-bond donors (Lipinski definition) is 1. The predicted octanol–water partition coefficient (Wildman–Crippen LogP) is 1.04.